The van der Waals surface area contributed by atoms with Crippen LogP contribution in [0.15, 0.2) is 77.0 Å². The molecular formula is C22H23NO4S. The number of aliphatic hydroxyl groups is 1. The van der Waals surface area contributed by atoms with Crippen molar-refractivity contribution in [3.05, 3.63) is 83.1 Å². The van der Waals surface area contributed by atoms with Crippen molar-refractivity contribution in [3.63, 3.8) is 0 Å². The molecule has 5 nitrogen and oxygen atoms in total. The minimum Gasteiger partial charge on any atom is -0.512 e. The lowest BCUT2D eigenvalue weighted by atomic mass is 10.1. The predicted molar refractivity (Wildman–Crippen MR) is 112 cm³/mol. The third-order valence-electron chi connectivity index (χ3n) is 3.75. The van der Waals surface area contributed by atoms with E-state index in [9.17, 15) is 14.7 Å². The molecule has 146 valence electrons. The molecule has 2 rings (SSSR count). The molecule has 0 heterocycles. The maximum absolute atomic E-state index is 12.1. The molecule has 1 N–H and O–H groups in total. The van der Waals surface area contributed by atoms with Crippen molar-refractivity contribution < 1.29 is 19.4 Å². The van der Waals surface area contributed by atoms with Crippen LogP contribution < -0.4 is 0 Å². The summed E-state index contributed by atoms with van der Waals surface area (Å²) in [7, 11) is 0. The van der Waals surface area contributed by atoms with E-state index in [1.165, 1.54) is 13.8 Å². The number of Topliss-reactive ketones (excluding diaryl/α,β-unsaturated/α-hetero) is 1. The van der Waals surface area contributed by atoms with E-state index >= 15 is 0 Å². The fourth-order valence-corrected chi connectivity index (χ4v) is 3.34. The molecule has 6 heteroatoms. The van der Waals surface area contributed by atoms with Crippen LogP contribution in [-0.4, -0.2) is 27.7 Å². The number of ketones is 1. The Bertz CT molecular complexity index is 857. The van der Waals surface area contributed by atoms with Crippen LogP contribution >= 0.6 is 11.8 Å². The van der Waals surface area contributed by atoms with Crippen LogP contribution in [0.4, 0.5) is 0 Å². The van der Waals surface area contributed by atoms with E-state index in [1.807, 2.05) is 60.7 Å². The maximum atomic E-state index is 12.1. The van der Waals surface area contributed by atoms with Gasteiger partial charge in [-0.15, -0.1) is 0 Å². The summed E-state index contributed by atoms with van der Waals surface area (Å²) in [4.78, 5) is 28.5. The maximum Gasteiger partial charge on any atom is 0.316 e. The highest BCUT2D eigenvalue weighted by Gasteiger charge is 2.18. The van der Waals surface area contributed by atoms with Crippen molar-refractivity contribution in [2.24, 2.45) is 4.99 Å². The Hall–Kier alpha value is -2.86. The number of benzene rings is 2. The van der Waals surface area contributed by atoms with E-state index in [1.54, 1.807) is 0 Å². The number of aliphatic hydroxyl groups excluding tert-OH is 1. The van der Waals surface area contributed by atoms with Crippen LogP contribution in [0.3, 0.4) is 0 Å². The van der Waals surface area contributed by atoms with Gasteiger partial charge in [0, 0.05) is 0 Å². The fourth-order valence-electron chi connectivity index (χ4n) is 2.41. The molecule has 0 saturated heterocycles. The molecule has 2 aromatic carbocycles. The first-order valence-electron chi connectivity index (χ1n) is 8.79. The second-order valence-electron chi connectivity index (χ2n) is 6.06. The molecule has 0 aliphatic carbocycles. The largest absolute Gasteiger partial charge is 0.512 e. The topological polar surface area (TPSA) is 76.0 Å². The number of carbonyl (C=O) groups excluding carboxylic acids is 2. The third kappa shape index (κ3) is 7.04. The molecule has 28 heavy (non-hydrogen) atoms. The number of hydrogen-bond acceptors (Lipinski definition) is 6. The summed E-state index contributed by atoms with van der Waals surface area (Å²) in [6.45, 7) is 3.32. The molecule has 0 atom stereocenters. The molecule has 0 unspecified atom stereocenters. The molecule has 0 saturated carbocycles. The summed E-state index contributed by atoms with van der Waals surface area (Å²) < 4.78 is 5.26. The van der Waals surface area contributed by atoms with Crippen molar-refractivity contribution >= 4 is 28.6 Å². The lowest BCUT2D eigenvalue weighted by Crippen LogP contribution is -2.14. The highest BCUT2D eigenvalue weighted by atomic mass is 32.2. The summed E-state index contributed by atoms with van der Waals surface area (Å²) in [5.41, 5.74) is 1.98. The van der Waals surface area contributed by atoms with Gasteiger partial charge in [-0.05, 0) is 25.0 Å². The summed E-state index contributed by atoms with van der Waals surface area (Å²) in [5.74, 6) is -0.856. The minimum atomic E-state index is -0.417. The minimum absolute atomic E-state index is 0.00941. The number of carbonyl (C=O) groups is 2. The summed E-state index contributed by atoms with van der Waals surface area (Å²) in [5, 5.41) is 10.2. The van der Waals surface area contributed by atoms with Gasteiger partial charge >= 0.3 is 5.97 Å². The van der Waals surface area contributed by atoms with Gasteiger partial charge < -0.3 is 9.84 Å². The van der Waals surface area contributed by atoms with Crippen LogP contribution in [0, 0.1) is 0 Å². The number of thioether (sulfide) groups is 1. The summed E-state index contributed by atoms with van der Waals surface area (Å²) in [6.07, 6.45) is 0. The number of esters is 1. The Morgan fingerprint density at radius 2 is 1.54 bits per heavy atom. The quantitative estimate of drug-likeness (QED) is 0.234. The Morgan fingerprint density at radius 3 is 2.07 bits per heavy atom. The van der Waals surface area contributed by atoms with Gasteiger partial charge in [-0.25, -0.2) is 0 Å². The smallest absolute Gasteiger partial charge is 0.316 e. The zero-order valence-corrected chi connectivity index (χ0v) is 16.7. The lowest BCUT2D eigenvalue weighted by Gasteiger charge is -2.10. The van der Waals surface area contributed by atoms with E-state index in [2.05, 4.69) is 4.99 Å². The highest BCUT2D eigenvalue weighted by molar-refractivity contribution is 8.15. The Kier molecular flexibility index (Phi) is 8.49. The molecule has 0 fully saturated rings. The second-order valence-corrected chi connectivity index (χ2v) is 7.02. The molecule has 0 bridgehead atoms. The van der Waals surface area contributed by atoms with Gasteiger partial charge in [-0.2, -0.15) is 0 Å². The van der Waals surface area contributed by atoms with Crippen LogP contribution in [0.5, 0.6) is 0 Å². The molecular weight excluding hydrogens is 374 g/mol. The average molecular weight is 397 g/mol. The molecule has 0 aromatic heterocycles. The predicted octanol–water partition coefficient (Wildman–Crippen LogP) is 4.48. The van der Waals surface area contributed by atoms with E-state index in [4.69, 9.17) is 4.74 Å². The Labute approximate surface area is 169 Å². The molecule has 0 amide bonds. The van der Waals surface area contributed by atoms with Crippen molar-refractivity contribution in [3.8, 4) is 0 Å². The molecule has 0 spiro atoms. The normalized spacial score (nSPS) is 12.3. The summed E-state index contributed by atoms with van der Waals surface area (Å²) in [6, 6.07) is 18.9. The van der Waals surface area contributed by atoms with E-state index in [0.717, 1.165) is 22.9 Å². The lowest BCUT2D eigenvalue weighted by molar-refractivity contribution is -0.141. The van der Waals surface area contributed by atoms with Gasteiger partial charge in [0.25, 0.3) is 0 Å². The first kappa shape index (κ1) is 21.4. The van der Waals surface area contributed by atoms with Gasteiger partial charge in [0.05, 0.1) is 17.9 Å². The van der Waals surface area contributed by atoms with E-state index < -0.39 is 5.97 Å². The highest BCUT2D eigenvalue weighted by Crippen LogP contribution is 2.19. The van der Waals surface area contributed by atoms with Crippen LogP contribution in [0.25, 0.3) is 0 Å². The fraction of sp³-hybridized carbons (Fsp3) is 0.227. The van der Waals surface area contributed by atoms with Gasteiger partial charge in [-0.1, -0.05) is 72.4 Å². The van der Waals surface area contributed by atoms with Crippen LogP contribution in [0.1, 0.15) is 25.0 Å². The number of nitrogens with zero attached hydrogens (tertiary/aromatic N) is 1. The second kappa shape index (κ2) is 11.1. The van der Waals surface area contributed by atoms with E-state index in [0.29, 0.717) is 11.6 Å². The number of aliphatic imine (C=N–C) groups is 1. The van der Waals surface area contributed by atoms with Crippen molar-refractivity contribution in [2.45, 2.75) is 27.0 Å². The van der Waals surface area contributed by atoms with Gasteiger partial charge in [0.2, 0.25) is 0 Å². The Morgan fingerprint density at radius 1 is 0.964 bits per heavy atom. The van der Waals surface area contributed by atoms with Gasteiger partial charge in [-0.3, -0.25) is 14.6 Å². The van der Waals surface area contributed by atoms with Crippen LogP contribution in [0.2, 0.25) is 0 Å². The van der Waals surface area contributed by atoms with Crippen molar-refractivity contribution in [2.75, 3.05) is 5.75 Å². The molecule has 2 aromatic rings. The van der Waals surface area contributed by atoms with Crippen molar-refractivity contribution in [1.29, 1.82) is 0 Å². The van der Waals surface area contributed by atoms with Crippen LogP contribution in [-0.2, 0) is 27.5 Å². The Balaban J connectivity index is 2.05. The SMILES string of the molecule is CC(=O)/C(C(=NCc1ccccc1)SCC(=O)OCc1ccccc1)=C(/C)O. The van der Waals surface area contributed by atoms with Crippen molar-refractivity contribution in [1.82, 2.24) is 0 Å². The molecule has 0 aliphatic rings. The zero-order chi connectivity index (χ0) is 20.4. The molecule has 0 aliphatic heterocycles. The molecule has 0 radical (unpaired) electrons. The number of ether oxygens (including phenoxy) is 1. The first-order valence-corrected chi connectivity index (χ1v) is 9.77. The zero-order valence-electron chi connectivity index (χ0n) is 15.9. The number of allylic oxidation sites excluding steroid dienone is 1. The van der Waals surface area contributed by atoms with E-state index in [-0.39, 0.29) is 29.5 Å². The number of rotatable bonds is 8. The monoisotopic (exact) mass is 397 g/mol. The number of hydrogen-bond donors (Lipinski definition) is 1. The average Bonchev–Trinajstić information content (AvgIpc) is 2.69. The van der Waals surface area contributed by atoms with Gasteiger partial charge in [0.15, 0.2) is 5.78 Å². The van der Waals surface area contributed by atoms with Gasteiger partial charge in [0.1, 0.15) is 17.4 Å². The standard InChI is InChI=1S/C22H23NO4S/c1-16(24)21(17(2)25)22(23-13-18-9-5-3-6-10-18)28-15-20(26)27-14-19-11-7-4-8-12-19/h3-12,24H,13-15H2,1-2H3/b21-16+,23-22?. The summed E-state index contributed by atoms with van der Waals surface area (Å²) >= 11 is 1.09. The first-order chi connectivity index (χ1) is 13.5. The third-order valence-corrected chi connectivity index (χ3v) is 4.73.